The van der Waals surface area contributed by atoms with Crippen molar-refractivity contribution in [3.63, 3.8) is 0 Å². The number of carbonyl (C=O) groups is 2. The summed E-state index contributed by atoms with van der Waals surface area (Å²) in [5.74, 6) is -3.65. The summed E-state index contributed by atoms with van der Waals surface area (Å²) >= 11 is 0. The third-order valence-corrected chi connectivity index (χ3v) is 4.70. The molecule has 1 aliphatic rings. The summed E-state index contributed by atoms with van der Waals surface area (Å²) in [5, 5.41) is 23.9. The van der Waals surface area contributed by atoms with Crippen molar-refractivity contribution in [3.05, 3.63) is 70.8 Å². The molecule has 0 aliphatic carbocycles. The molecule has 2 aromatic rings. The second-order valence-corrected chi connectivity index (χ2v) is 6.98. The number of nitriles is 1. The van der Waals surface area contributed by atoms with Gasteiger partial charge in [-0.25, -0.2) is 9.59 Å². The molecule has 0 radical (unpaired) electrons. The largest absolute Gasteiger partial charge is 0.473 e. The monoisotopic (exact) mass is 396 g/mol. The molecule has 1 heterocycles. The summed E-state index contributed by atoms with van der Waals surface area (Å²) < 4.78 is 6.35. The van der Waals surface area contributed by atoms with Crippen LogP contribution in [-0.2, 0) is 26.5 Å². The average Bonchev–Trinajstić information content (AvgIpc) is 3.07. The Bertz CT molecular complexity index is 893. The van der Waals surface area contributed by atoms with Crippen molar-refractivity contribution in [2.45, 2.75) is 25.0 Å². The molecule has 1 atom stereocenters. The number of hydrogen-bond acceptors (Lipinski definition) is 5. The normalized spacial score (nSPS) is 17.0. The molecule has 0 saturated heterocycles. The highest BCUT2D eigenvalue weighted by molar-refractivity contribution is 6.27. The first-order valence-electron chi connectivity index (χ1n) is 9.14. The number of ether oxygens (including phenoxy) is 1. The SMILES string of the molecule is CN(C)CCC[C@@]1(c2ccccc2)OCc2cc(C#N)ccc21.O=C(O)C(=O)O. The van der Waals surface area contributed by atoms with Crippen molar-refractivity contribution >= 4 is 11.9 Å². The lowest BCUT2D eigenvalue weighted by Crippen LogP contribution is -2.28. The minimum atomic E-state index is -1.82. The lowest BCUT2D eigenvalue weighted by molar-refractivity contribution is -0.159. The van der Waals surface area contributed by atoms with Gasteiger partial charge in [-0.15, -0.1) is 0 Å². The van der Waals surface area contributed by atoms with Gasteiger partial charge < -0.3 is 19.8 Å². The first-order chi connectivity index (χ1) is 13.8. The van der Waals surface area contributed by atoms with Gasteiger partial charge in [-0.1, -0.05) is 36.4 Å². The van der Waals surface area contributed by atoms with E-state index in [4.69, 9.17) is 29.8 Å². The van der Waals surface area contributed by atoms with Gasteiger partial charge in [-0.2, -0.15) is 5.26 Å². The van der Waals surface area contributed by atoms with E-state index in [1.54, 1.807) is 0 Å². The molecule has 29 heavy (non-hydrogen) atoms. The minimum Gasteiger partial charge on any atom is -0.473 e. The summed E-state index contributed by atoms with van der Waals surface area (Å²) in [6, 6.07) is 18.6. The second-order valence-electron chi connectivity index (χ2n) is 6.98. The molecule has 0 spiro atoms. The Kier molecular flexibility index (Phi) is 7.48. The number of hydrogen-bond donors (Lipinski definition) is 2. The van der Waals surface area contributed by atoms with Crippen molar-refractivity contribution in [1.29, 1.82) is 5.26 Å². The highest BCUT2D eigenvalue weighted by atomic mass is 16.5. The van der Waals surface area contributed by atoms with Crippen LogP contribution in [-0.4, -0.2) is 47.7 Å². The zero-order chi connectivity index (χ0) is 21.4. The minimum absolute atomic E-state index is 0.388. The van der Waals surface area contributed by atoms with Crippen molar-refractivity contribution in [2.24, 2.45) is 0 Å². The fourth-order valence-electron chi connectivity index (χ4n) is 3.40. The van der Waals surface area contributed by atoms with Gasteiger partial charge in [0, 0.05) is 0 Å². The Morgan fingerprint density at radius 2 is 1.79 bits per heavy atom. The molecule has 0 bridgehead atoms. The molecule has 2 N–H and O–H groups in total. The lowest BCUT2D eigenvalue weighted by atomic mass is 9.81. The Morgan fingerprint density at radius 3 is 2.34 bits per heavy atom. The Balaban J connectivity index is 0.000000438. The van der Waals surface area contributed by atoms with E-state index < -0.39 is 11.9 Å². The van der Waals surface area contributed by atoms with E-state index in [1.807, 2.05) is 18.2 Å². The van der Waals surface area contributed by atoms with Gasteiger partial charge in [0.2, 0.25) is 0 Å². The van der Waals surface area contributed by atoms with E-state index in [2.05, 4.69) is 55.4 Å². The molecule has 0 saturated carbocycles. The van der Waals surface area contributed by atoms with Gasteiger partial charge in [0.15, 0.2) is 0 Å². The van der Waals surface area contributed by atoms with Gasteiger partial charge >= 0.3 is 11.9 Å². The number of carboxylic acid groups (broad SMARTS) is 2. The van der Waals surface area contributed by atoms with Crippen LogP contribution in [0.3, 0.4) is 0 Å². The van der Waals surface area contributed by atoms with E-state index in [1.165, 1.54) is 11.1 Å². The van der Waals surface area contributed by atoms with E-state index >= 15 is 0 Å². The third kappa shape index (κ3) is 5.41. The molecule has 1 aliphatic heterocycles. The molecule has 0 amide bonds. The Labute approximate surface area is 169 Å². The van der Waals surface area contributed by atoms with Crippen molar-refractivity contribution in [3.8, 4) is 6.07 Å². The van der Waals surface area contributed by atoms with E-state index in [-0.39, 0.29) is 5.60 Å². The van der Waals surface area contributed by atoms with E-state index in [0.717, 1.165) is 24.9 Å². The first-order valence-corrected chi connectivity index (χ1v) is 9.14. The van der Waals surface area contributed by atoms with Crippen LogP contribution in [0.4, 0.5) is 0 Å². The Hall–Kier alpha value is -3.21. The van der Waals surface area contributed by atoms with Gasteiger partial charge in [-0.3, -0.25) is 0 Å². The number of aliphatic carboxylic acids is 2. The zero-order valence-corrected chi connectivity index (χ0v) is 16.5. The molecular weight excluding hydrogens is 372 g/mol. The van der Waals surface area contributed by atoms with Gasteiger partial charge in [-0.05, 0) is 62.3 Å². The molecule has 0 aromatic heterocycles. The fraction of sp³-hybridized carbons (Fsp3) is 0.318. The third-order valence-electron chi connectivity index (χ3n) is 4.70. The van der Waals surface area contributed by atoms with Crippen LogP contribution in [0.25, 0.3) is 0 Å². The molecule has 152 valence electrons. The van der Waals surface area contributed by atoms with E-state index in [0.29, 0.717) is 12.2 Å². The van der Waals surface area contributed by atoms with Crippen LogP contribution in [0.2, 0.25) is 0 Å². The number of rotatable bonds is 5. The summed E-state index contributed by atoms with van der Waals surface area (Å²) in [7, 11) is 4.19. The average molecular weight is 396 g/mol. The van der Waals surface area contributed by atoms with Crippen LogP contribution in [0.15, 0.2) is 48.5 Å². The molecule has 0 fully saturated rings. The smallest absolute Gasteiger partial charge is 0.414 e. The summed E-state index contributed by atoms with van der Waals surface area (Å²) in [4.78, 5) is 20.4. The maximum Gasteiger partial charge on any atom is 0.414 e. The fourth-order valence-corrected chi connectivity index (χ4v) is 3.40. The molecule has 7 heteroatoms. The van der Waals surface area contributed by atoms with Gasteiger partial charge in [0.25, 0.3) is 0 Å². The molecular formula is C22H24N2O5. The summed E-state index contributed by atoms with van der Waals surface area (Å²) in [6.45, 7) is 1.60. The number of fused-ring (bicyclic) bond motifs is 1. The zero-order valence-electron chi connectivity index (χ0n) is 16.5. The van der Waals surface area contributed by atoms with Crippen LogP contribution >= 0.6 is 0 Å². The first kappa shape index (κ1) is 22.1. The summed E-state index contributed by atoms with van der Waals surface area (Å²) in [5.41, 5.74) is 3.85. The summed E-state index contributed by atoms with van der Waals surface area (Å²) in [6.07, 6.45) is 2.00. The molecule has 0 unspecified atom stereocenters. The van der Waals surface area contributed by atoms with Crippen molar-refractivity contribution < 1.29 is 24.5 Å². The standard InChI is InChI=1S/C20H22N2O.C2H2O4/c1-22(2)12-6-11-20(18-7-4-3-5-8-18)19-10-9-16(14-21)13-17(19)15-23-20;3-1(4)2(5)6/h3-5,7-10,13H,6,11-12,15H2,1-2H3;(H,3,4)(H,5,6)/t20-;/m0./s1. The quantitative estimate of drug-likeness (QED) is 0.748. The highest BCUT2D eigenvalue weighted by Gasteiger charge is 2.41. The number of nitrogens with zero attached hydrogens (tertiary/aromatic N) is 2. The highest BCUT2D eigenvalue weighted by Crippen LogP contribution is 2.45. The van der Waals surface area contributed by atoms with Crippen LogP contribution in [0.1, 0.15) is 35.1 Å². The van der Waals surface area contributed by atoms with Gasteiger partial charge in [0.05, 0.1) is 18.2 Å². The lowest BCUT2D eigenvalue weighted by Gasteiger charge is -2.31. The van der Waals surface area contributed by atoms with Crippen LogP contribution in [0.5, 0.6) is 0 Å². The van der Waals surface area contributed by atoms with Gasteiger partial charge in [0.1, 0.15) is 5.60 Å². The maximum absolute atomic E-state index is 9.12. The van der Waals surface area contributed by atoms with Crippen molar-refractivity contribution in [1.82, 2.24) is 4.90 Å². The second kappa shape index (κ2) is 9.82. The Morgan fingerprint density at radius 1 is 1.14 bits per heavy atom. The number of benzene rings is 2. The van der Waals surface area contributed by atoms with Crippen molar-refractivity contribution in [2.75, 3.05) is 20.6 Å². The predicted molar refractivity (Wildman–Crippen MR) is 106 cm³/mol. The molecule has 7 nitrogen and oxygen atoms in total. The molecule has 3 rings (SSSR count). The topological polar surface area (TPSA) is 111 Å². The number of carboxylic acids is 2. The molecule has 2 aromatic carbocycles. The predicted octanol–water partition coefficient (Wildman–Crippen LogP) is 2.83. The van der Waals surface area contributed by atoms with Crippen LogP contribution < -0.4 is 0 Å². The van der Waals surface area contributed by atoms with E-state index in [9.17, 15) is 0 Å². The van der Waals surface area contributed by atoms with Crippen LogP contribution in [0, 0.1) is 11.3 Å². The maximum atomic E-state index is 9.12.